The van der Waals surface area contributed by atoms with E-state index >= 15 is 0 Å². The predicted molar refractivity (Wildman–Crippen MR) is 101 cm³/mol. The molecule has 1 aromatic heterocycles. The molecule has 1 heterocycles. The maximum atomic E-state index is 13.2. The Kier molecular flexibility index (Phi) is 7.21. The predicted octanol–water partition coefficient (Wildman–Crippen LogP) is 3.83. The molecule has 0 saturated carbocycles. The van der Waals surface area contributed by atoms with Crippen molar-refractivity contribution in [3.05, 3.63) is 57.1 Å². The summed E-state index contributed by atoms with van der Waals surface area (Å²) in [5.74, 6) is -3.59. The number of ether oxygens (including phenoxy) is 2. The van der Waals surface area contributed by atoms with Gasteiger partial charge in [-0.2, -0.15) is 0 Å². The van der Waals surface area contributed by atoms with Crippen LogP contribution in [0.15, 0.2) is 24.3 Å². The summed E-state index contributed by atoms with van der Waals surface area (Å²) in [5, 5.41) is 0.276. The van der Waals surface area contributed by atoms with Gasteiger partial charge in [-0.15, -0.1) is 0 Å². The zero-order chi connectivity index (χ0) is 21.0. The average Bonchev–Trinajstić information content (AvgIpc) is 2.91. The van der Waals surface area contributed by atoms with Gasteiger partial charge in [0.25, 0.3) is 0 Å². The van der Waals surface area contributed by atoms with E-state index in [4.69, 9.17) is 23.2 Å². The van der Waals surface area contributed by atoms with Crippen LogP contribution in [0.25, 0.3) is 0 Å². The third kappa shape index (κ3) is 4.36. The molecule has 0 spiro atoms. The molecular formula is C19H18Cl2FNO5. The summed E-state index contributed by atoms with van der Waals surface area (Å²) in [6.45, 7) is 1.66. The standard InChI is InChI=1S/C19H18Cl2FNO5/c1-10-14(20)17(21)23(9-8-13(18(25)27-2)19(26)28-3)15(10)16(24)11-4-6-12(22)7-5-11/h4-7,13H,8-9H2,1-3H3. The lowest BCUT2D eigenvalue weighted by Crippen LogP contribution is -2.28. The lowest BCUT2D eigenvalue weighted by atomic mass is 10.0. The number of hydrogen-bond acceptors (Lipinski definition) is 5. The monoisotopic (exact) mass is 429 g/mol. The smallest absolute Gasteiger partial charge is 0.320 e. The quantitative estimate of drug-likeness (QED) is 0.379. The van der Waals surface area contributed by atoms with Crippen LogP contribution in [0.4, 0.5) is 4.39 Å². The first-order valence-electron chi connectivity index (χ1n) is 8.22. The summed E-state index contributed by atoms with van der Waals surface area (Å²) < 4.78 is 23.8. The summed E-state index contributed by atoms with van der Waals surface area (Å²) in [4.78, 5) is 36.7. The average molecular weight is 430 g/mol. The minimum absolute atomic E-state index is 0.0206. The zero-order valence-electron chi connectivity index (χ0n) is 15.4. The minimum Gasteiger partial charge on any atom is -0.468 e. The van der Waals surface area contributed by atoms with Crippen molar-refractivity contribution in [1.82, 2.24) is 4.57 Å². The normalized spacial score (nSPS) is 10.8. The number of halogens is 3. The number of aromatic nitrogens is 1. The van der Waals surface area contributed by atoms with E-state index in [0.717, 1.165) is 14.2 Å². The largest absolute Gasteiger partial charge is 0.468 e. The number of carbonyl (C=O) groups excluding carboxylic acids is 3. The number of nitrogens with zero attached hydrogens (tertiary/aromatic N) is 1. The molecule has 0 aliphatic rings. The van der Waals surface area contributed by atoms with E-state index in [0.29, 0.717) is 5.56 Å². The first-order valence-corrected chi connectivity index (χ1v) is 8.98. The third-order valence-corrected chi connectivity index (χ3v) is 5.26. The molecule has 150 valence electrons. The second kappa shape index (κ2) is 9.21. The summed E-state index contributed by atoms with van der Waals surface area (Å²) >= 11 is 12.5. The van der Waals surface area contributed by atoms with Crippen LogP contribution in [0.1, 0.15) is 28.0 Å². The van der Waals surface area contributed by atoms with Crippen molar-refractivity contribution in [2.75, 3.05) is 14.2 Å². The molecule has 0 aliphatic heterocycles. The molecule has 0 N–H and O–H groups in total. The van der Waals surface area contributed by atoms with Gasteiger partial charge in [0.2, 0.25) is 5.78 Å². The van der Waals surface area contributed by atoms with Crippen LogP contribution in [0.3, 0.4) is 0 Å². The van der Waals surface area contributed by atoms with Crippen molar-refractivity contribution in [2.24, 2.45) is 5.92 Å². The van der Waals surface area contributed by atoms with Crippen LogP contribution in [-0.4, -0.2) is 36.5 Å². The molecule has 0 radical (unpaired) electrons. The molecule has 2 rings (SSSR count). The van der Waals surface area contributed by atoms with Crippen LogP contribution in [-0.2, 0) is 25.6 Å². The number of ketones is 1. The number of methoxy groups -OCH3 is 2. The van der Waals surface area contributed by atoms with Crippen molar-refractivity contribution in [3.63, 3.8) is 0 Å². The molecule has 9 heteroatoms. The number of benzene rings is 1. The zero-order valence-corrected chi connectivity index (χ0v) is 16.9. The minimum atomic E-state index is -1.18. The molecule has 0 aliphatic carbocycles. The van der Waals surface area contributed by atoms with Crippen LogP contribution >= 0.6 is 23.2 Å². The number of rotatable bonds is 7. The van der Waals surface area contributed by atoms with E-state index < -0.39 is 29.5 Å². The molecule has 1 aromatic carbocycles. The van der Waals surface area contributed by atoms with Gasteiger partial charge in [0.1, 0.15) is 11.0 Å². The highest BCUT2D eigenvalue weighted by molar-refractivity contribution is 6.42. The molecule has 0 fully saturated rings. The van der Waals surface area contributed by atoms with Crippen molar-refractivity contribution >= 4 is 40.9 Å². The number of esters is 2. The van der Waals surface area contributed by atoms with E-state index in [1.807, 2.05) is 0 Å². The van der Waals surface area contributed by atoms with Crippen LogP contribution in [0, 0.1) is 18.7 Å². The Balaban J connectivity index is 2.40. The van der Waals surface area contributed by atoms with Gasteiger partial charge >= 0.3 is 11.9 Å². The Labute approximate surface area is 171 Å². The number of carbonyl (C=O) groups is 3. The first-order chi connectivity index (χ1) is 13.2. The van der Waals surface area contributed by atoms with Gasteiger partial charge in [0, 0.05) is 12.1 Å². The molecule has 0 unspecified atom stereocenters. The molecule has 0 saturated heterocycles. The summed E-state index contributed by atoms with van der Waals surface area (Å²) in [7, 11) is 2.32. The molecule has 0 bridgehead atoms. The Morgan fingerprint density at radius 2 is 1.61 bits per heavy atom. The molecule has 6 nitrogen and oxygen atoms in total. The highest BCUT2D eigenvalue weighted by atomic mass is 35.5. The fourth-order valence-corrected chi connectivity index (χ4v) is 3.30. The second-order valence-electron chi connectivity index (χ2n) is 5.95. The van der Waals surface area contributed by atoms with Crippen molar-refractivity contribution in [3.8, 4) is 0 Å². The molecular weight excluding hydrogens is 412 g/mol. The van der Waals surface area contributed by atoms with Gasteiger partial charge in [0.05, 0.1) is 24.9 Å². The first kappa shape index (κ1) is 21.9. The summed E-state index contributed by atoms with van der Waals surface area (Å²) in [6, 6.07) is 5.04. The van der Waals surface area contributed by atoms with Crippen LogP contribution < -0.4 is 0 Å². The topological polar surface area (TPSA) is 74.6 Å². The highest BCUT2D eigenvalue weighted by Gasteiger charge is 2.30. The molecule has 28 heavy (non-hydrogen) atoms. The Morgan fingerprint density at radius 1 is 1.07 bits per heavy atom. The van der Waals surface area contributed by atoms with E-state index in [9.17, 15) is 18.8 Å². The fraction of sp³-hybridized carbons (Fsp3) is 0.316. The van der Waals surface area contributed by atoms with Gasteiger partial charge in [-0.1, -0.05) is 23.2 Å². The van der Waals surface area contributed by atoms with Crippen molar-refractivity contribution < 1.29 is 28.2 Å². The molecule has 0 amide bonds. The maximum absolute atomic E-state index is 13.2. The summed E-state index contributed by atoms with van der Waals surface area (Å²) in [6.07, 6.45) is -0.0206. The summed E-state index contributed by atoms with van der Waals surface area (Å²) in [5.41, 5.74) is 0.873. The fourth-order valence-electron chi connectivity index (χ4n) is 2.79. The third-order valence-electron chi connectivity index (χ3n) is 4.31. The van der Waals surface area contributed by atoms with E-state index in [2.05, 4.69) is 9.47 Å². The maximum Gasteiger partial charge on any atom is 0.320 e. The van der Waals surface area contributed by atoms with Crippen LogP contribution in [0.2, 0.25) is 10.2 Å². The highest BCUT2D eigenvalue weighted by Crippen LogP contribution is 2.33. The van der Waals surface area contributed by atoms with Gasteiger partial charge in [-0.25, -0.2) is 4.39 Å². The van der Waals surface area contributed by atoms with Gasteiger partial charge < -0.3 is 14.0 Å². The Hall–Kier alpha value is -2.38. The molecule has 2 aromatic rings. The van der Waals surface area contributed by atoms with Crippen molar-refractivity contribution in [1.29, 1.82) is 0 Å². The lowest BCUT2D eigenvalue weighted by Gasteiger charge is -2.15. The van der Waals surface area contributed by atoms with Crippen molar-refractivity contribution in [2.45, 2.75) is 19.9 Å². The SMILES string of the molecule is COC(=O)C(CCn1c(Cl)c(Cl)c(C)c1C(=O)c1ccc(F)cc1)C(=O)OC. The Bertz CT molecular complexity index is 892. The van der Waals surface area contributed by atoms with Gasteiger partial charge in [0.15, 0.2) is 5.92 Å². The number of hydrogen-bond donors (Lipinski definition) is 0. The molecule has 0 atom stereocenters. The Morgan fingerprint density at radius 3 is 2.11 bits per heavy atom. The van der Waals surface area contributed by atoms with E-state index in [1.165, 1.54) is 28.8 Å². The lowest BCUT2D eigenvalue weighted by molar-refractivity contribution is -0.159. The van der Waals surface area contributed by atoms with Crippen LogP contribution in [0.5, 0.6) is 0 Å². The van der Waals surface area contributed by atoms with E-state index in [-0.39, 0.29) is 34.4 Å². The van der Waals surface area contributed by atoms with Gasteiger partial charge in [-0.3, -0.25) is 14.4 Å². The van der Waals surface area contributed by atoms with E-state index in [1.54, 1.807) is 6.92 Å². The second-order valence-corrected chi connectivity index (χ2v) is 6.69. The van der Waals surface area contributed by atoms with Gasteiger partial charge in [-0.05, 0) is 43.2 Å².